The van der Waals surface area contributed by atoms with Crippen LogP contribution in [0.5, 0.6) is 11.5 Å². The quantitative estimate of drug-likeness (QED) is 0.476. The lowest BCUT2D eigenvalue weighted by Gasteiger charge is -2.07. The molecule has 0 saturated carbocycles. The van der Waals surface area contributed by atoms with E-state index in [4.69, 9.17) is 9.47 Å². The maximum atomic E-state index is 11.4. The van der Waals surface area contributed by atoms with Gasteiger partial charge in [0.1, 0.15) is 18.1 Å². The molecule has 0 atom stereocenters. The largest absolute Gasteiger partial charge is 0.490 e. The molecule has 23 heavy (non-hydrogen) atoms. The van der Waals surface area contributed by atoms with E-state index in [2.05, 4.69) is 6.58 Å². The van der Waals surface area contributed by atoms with Crippen LogP contribution in [0, 0.1) is 6.92 Å². The third-order valence-electron chi connectivity index (χ3n) is 3.01. The van der Waals surface area contributed by atoms with Gasteiger partial charge in [-0.05, 0) is 42.8 Å². The molecule has 0 spiro atoms. The number of carboxylic acids is 1. The Labute approximate surface area is 135 Å². The van der Waals surface area contributed by atoms with Gasteiger partial charge in [-0.3, -0.25) is 0 Å². The third kappa shape index (κ3) is 5.04. The summed E-state index contributed by atoms with van der Waals surface area (Å²) < 4.78 is 10.8. The Morgan fingerprint density at radius 2 is 1.70 bits per heavy atom. The fourth-order valence-corrected chi connectivity index (χ4v) is 1.83. The number of aryl methyl sites for hydroxylation is 1. The molecule has 0 aromatic heterocycles. The molecule has 0 saturated heterocycles. The van der Waals surface area contributed by atoms with E-state index in [1.165, 1.54) is 6.08 Å². The number of hydrogen-bond donors (Lipinski definition) is 1. The second-order valence-corrected chi connectivity index (χ2v) is 4.90. The fourth-order valence-electron chi connectivity index (χ4n) is 1.83. The number of ether oxygens (including phenoxy) is 2. The van der Waals surface area contributed by atoms with E-state index in [0.29, 0.717) is 23.7 Å². The monoisotopic (exact) mass is 310 g/mol. The van der Waals surface area contributed by atoms with Crippen LogP contribution in [0.3, 0.4) is 0 Å². The van der Waals surface area contributed by atoms with Crippen molar-refractivity contribution >= 4 is 12.0 Å². The topological polar surface area (TPSA) is 55.8 Å². The predicted molar refractivity (Wildman–Crippen MR) is 89.6 cm³/mol. The smallest absolute Gasteiger partial charge is 0.371 e. The number of benzene rings is 2. The zero-order valence-corrected chi connectivity index (χ0v) is 12.9. The molecule has 0 fully saturated rings. The summed E-state index contributed by atoms with van der Waals surface area (Å²) in [6, 6.07) is 14.2. The van der Waals surface area contributed by atoms with E-state index in [9.17, 15) is 9.90 Å². The normalized spacial score (nSPS) is 10.9. The Kier molecular flexibility index (Phi) is 5.58. The zero-order valence-electron chi connectivity index (χ0n) is 12.9. The van der Waals surface area contributed by atoms with Crippen LogP contribution >= 0.6 is 0 Å². The van der Waals surface area contributed by atoms with Gasteiger partial charge in [0.2, 0.25) is 5.76 Å². The maximum absolute atomic E-state index is 11.4. The first-order chi connectivity index (χ1) is 11.1. The summed E-state index contributed by atoms with van der Waals surface area (Å²) in [5.41, 5.74) is 1.79. The summed E-state index contributed by atoms with van der Waals surface area (Å²) in [4.78, 5) is 11.4. The molecule has 2 aromatic carbocycles. The second-order valence-electron chi connectivity index (χ2n) is 4.90. The van der Waals surface area contributed by atoms with Crippen molar-refractivity contribution in [2.24, 2.45) is 0 Å². The first-order valence-corrected chi connectivity index (χ1v) is 7.12. The predicted octanol–water partition coefficient (Wildman–Crippen LogP) is 4.06. The minimum Gasteiger partial charge on any atom is -0.490 e. The van der Waals surface area contributed by atoms with Crippen molar-refractivity contribution in [1.29, 1.82) is 0 Å². The summed E-state index contributed by atoms with van der Waals surface area (Å²) >= 11 is 0. The van der Waals surface area contributed by atoms with Gasteiger partial charge in [-0.2, -0.15) is 0 Å². The first kappa shape index (κ1) is 16.4. The summed E-state index contributed by atoms with van der Waals surface area (Å²) in [5, 5.41) is 9.29. The van der Waals surface area contributed by atoms with Crippen molar-refractivity contribution in [2.75, 3.05) is 6.61 Å². The van der Waals surface area contributed by atoms with Crippen LogP contribution in [0.25, 0.3) is 6.08 Å². The Bertz CT molecular complexity index is 697. The number of carbonyl (C=O) groups is 1. The van der Waals surface area contributed by atoms with Crippen molar-refractivity contribution < 1.29 is 19.4 Å². The molecule has 0 aliphatic heterocycles. The standard InChI is InChI=1S/C19H18O4/c1-3-12-22-16-10-6-15(7-11-16)13-18(19(20)21)23-17-8-4-14(2)5-9-17/h3-11,13H,1,12H2,2H3,(H,20,21). The Hall–Kier alpha value is -3.01. The molecule has 2 rings (SSSR count). The van der Waals surface area contributed by atoms with Gasteiger partial charge in [-0.15, -0.1) is 0 Å². The van der Waals surface area contributed by atoms with Gasteiger partial charge in [-0.25, -0.2) is 4.79 Å². The molecule has 1 N–H and O–H groups in total. The first-order valence-electron chi connectivity index (χ1n) is 7.12. The lowest BCUT2D eigenvalue weighted by Crippen LogP contribution is -2.07. The van der Waals surface area contributed by atoms with Crippen LogP contribution in [0.15, 0.2) is 66.9 Å². The molecule has 4 nitrogen and oxygen atoms in total. The minimum atomic E-state index is -1.13. The van der Waals surface area contributed by atoms with Crippen molar-refractivity contribution in [3.63, 3.8) is 0 Å². The molecule has 2 aromatic rings. The molecule has 0 amide bonds. The van der Waals surface area contributed by atoms with Crippen LogP contribution in [-0.2, 0) is 4.79 Å². The molecule has 0 aliphatic rings. The highest BCUT2D eigenvalue weighted by Crippen LogP contribution is 2.18. The molecular formula is C19H18O4. The van der Waals surface area contributed by atoms with E-state index < -0.39 is 5.97 Å². The zero-order chi connectivity index (χ0) is 16.7. The SMILES string of the molecule is C=CCOc1ccc(C=C(Oc2ccc(C)cc2)C(=O)O)cc1. The lowest BCUT2D eigenvalue weighted by atomic mass is 10.2. The molecule has 0 radical (unpaired) electrons. The molecule has 4 heteroatoms. The third-order valence-corrected chi connectivity index (χ3v) is 3.01. The van der Waals surface area contributed by atoms with Crippen molar-refractivity contribution in [3.8, 4) is 11.5 Å². The van der Waals surface area contributed by atoms with Gasteiger partial charge in [0.25, 0.3) is 0 Å². The molecule has 118 valence electrons. The van der Waals surface area contributed by atoms with Crippen LogP contribution < -0.4 is 9.47 Å². The average molecular weight is 310 g/mol. The molecule has 0 aliphatic carbocycles. The highest BCUT2D eigenvalue weighted by molar-refractivity contribution is 5.90. The molecular weight excluding hydrogens is 292 g/mol. The number of carboxylic acid groups (broad SMARTS) is 1. The summed E-state index contributed by atoms with van der Waals surface area (Å²) in [6.07, 6.45) is 3.13. The lowest BCUT2D eigenvalue weighted by molar-refractivity contribution is -0.134. The van der Waals surface area contributed by atoms with E-state index in [1.54, 1.807) is 42.5 Å². The van der Waals surface area contributed by atoms with Crippen LogP contribution in [0.4, 0.5) is 0 Å². The van der Waals surface area contributed by atoms with Crippen molar-refractivity contribution in [3.05, 3.63) is 78.1 Å². The number of hydrogen-bond acceptors (Lipinski definition) is 3. The molecule has 0 unspecified atom stereocenters. The number of rotatable bonds is 7. The molecule has 0 bridgehead atoms. The van der Waals surface area contributed by atoms with Crippen molar-refractivity contribution in [1.82, 2.24) is 0 Å². The van der Waals surface area contributed by atoms with Crippen LogP contribution in [-0.4, -0.2) is 17.7 Å². The Balaban J connectivity index is 2.16. The highest BCUT2D eigenvalue weighted by Gasteiger charge is 2.10. The summed E-state index contributed by atoms with van der Waals surface area (Å²) in [5.74, 6) is -0.0975. The average Bonchev–Trinajstić information content (AvgIpc) is 2.55. The van der Waals surface area contributed by atoms with Gasteiger partial charge in [-0.1, -0.05) is 42.5 Å². The van der Waals surface area contributed by atoms with Gasteiger partial charge < -0.3 is 14.6 Å². The van der Waals surface area contributed by atoms with Crippen LogP contribution in [0.1, 0.15) is 11.1 Å². The Morgan fingerprint density at radius 3 is 2.26 bits per heavy atom. The van der Waals surface area contributed by atoms with Gasteiger partial charge in [0.05, 0.1) is 0 Å². The van der Waals surface area contributed by atoms with Gasteiger partial charge >= 0.3 is 5.97 Å². The summed E-state index contributed by atoms with van der Waals surface area (Å²) in [7, 11) is 0. The summed E-state index contributed by atoms with van der Waals surface area (Å²) in [6.45, 7) is 5.96. The Morgan fingerprint density at radius 1 is 1.09 bits per heavy atom. The van der Waals surface area contributed by atoms with Crippen molar-refractivity contribution in [2.45, 2.75) is 6.92 Å². The van der Waals surface area contributed by atoms with Gasteiger partial charge in [0.15, 0.2) is 0 Å². The van der Waals surface area contributed by atoms with Crippen LogP contribution in [0.2, 0.25) is 0 Å². The second kappa shape index (κ2) is 7.84. The highest BCUT2D eigenvalue weighted by atomic mass is 16.5. The van der Waals surface area contributed by atoms with E-state index in [0.717, 1.165) is 5.56 Å². The van der Waals surface area contributed by atoms with E-state index in [-0.39, 0.29) is 5.76 Å². The fraction of sp³-hybridized carbons (Fsp3) is 0.105. The van der Waals surface area contributed by atoms with Gasteiger partial charge in [0, 0.05) is 0 Å². The number of aliphatic carboxylic acids is 1. The maximum Gasteiger partial charge on any atom is 0.371 e. The van der Waals surface area contributed by atoms with E-state index >= 15 is 0 Å². The molecule has 0 heterocycles. The minimum absolute atomic E-state index is 0.145. The van der Waals surface area contributed by atoms with E-state index in [1.807, 2.05) is 19.1 Å².